The number of hydrogen-bond acceptors (Lipinski definition) is 6. The molecule has 0 radical (unpaired) electrons. The molecule has 0 aliphatic heterocycles. The molecule has 0 fully saturated rings. The summed E-state index contributed by atoms with van der Waals surface area (Å²) in [6.07, 6.45) is 2.69. The van der Waals surface area contributed by atoms with Gasteiger partial charge < -0.3 is 5.32 Å². The third-order valence-electron chi connectivity index (χ3n) is 2.46. The van der Waals surface area contributed by atoms with Gasteiger partial charge in [0.15, 0.2) is 0 Å². The van der Waals surface area contributed by atoms with Crippen molar-refractivity contribution in [2.45, 2.75) is 12.8 Å². The van der Waals surface area contributed by atoms with Crippen LogP contribution in [0.5, 0.6) is 0 Å². The van der Waals surface area contributed by atoms with Gasteiger partial charge in [0.2, 0.25) is 5.82 Å². The molecule has 0 aliphatic carbocycles. The molecule has 0 unspecified atom stereocenters. The number of aromatic amines is 2. The first kappa shape index (κ1) is 14.2. The van der Waals surface area contributed by atoms with Crippen LogP contribution in [0, 0.1) is 10.1 Å². The lowest BCUT2D eigenvalue weighted by Gasteiger charge is -2.05. The third-order valence-corrected chi connectivity index (χ3v) is 2.90. The Hall–Kier alpha value is -2.23. The van der Waals surface area contributed by atoms with Gasteiger partial charge in [-0.2, -0.15) is 5.10 Å². The maximum atomic E-state index is 10.9. The van der Waals surface area contributed by atoms with Gasteiger partial charge in [-0.3, -0.25) is 15.1 Å². The summed E-state index contributed by atoms with van der Waals surface area (Å²) < 4.78 is 0.545. The molecule has 9 nitrogen and oxygen atoms in total. The summed E-state index contributed by atoms with van der Waals surface area (Å²) in [4.78, 5) is 27.7. The van der Waals surface area contributed by atoms with Crippen LogP contribution in [0.4, 0.5) is 11.5 Å². The largest absolute Gasteiger partial charge is 0.364 e. The van der Waals surface area contributed by atoms with Crippen LogP contribution in [0.2, 0.25) is 0 Å². The first-order valence-corrected chi connectivity index (χ1v) is 6.53. The van der Waals surface area contributed by atoms with Crippen LogP contribution >= 0.6 is 15.9 Å². The molecule has 3 N–H and O–H groups in total. The van der Waals surface area contributed by atoms with Crippen LogP contribution in [-0.2, 0) is 6.42 Å². The summed E-state index contributed by atoms with van der Waals surface area (Å²) in [7, 11) is 0. The standard InChI is InChI=1S/C10H11BrN6O3/c11-6-4-7(17(19)20)9(13-5-6)12-3-1-2-8-14-10(18)16-15-8/h4-5H,1-3H2,(H,12,13)(H2,14,15,16,18). The van der Waals surface area contributed by atoms with Gasteiger partial charge in [0.25, 0.3) is 0 Å². The van der Waals surface area contributed by atoms with E-state index in [0.29, 0.717) is 29.7 Å². The Balaban J connectivity index is 1.91. The summed E-state index contributed by atoms with van der Waals surface area (Å²) in [5, 5.41) is 19.8. The Bertz CT molecular complexity index is 667. The second-order valence-corrected chi connectivity index (χ2v) is 4.85. The van der Waals surface area contributed by atoms with Crippen molar-refractivity contribution in [3.8, 4) is 0 Å². The summed E-state index contributed by atoms with van der Waals surface area (Å²) in [6.45, 7) is 0.477. The highest BCUT2D eigenvalue weighted by Gasteiger charge is 2.15. The van der Waals surface area contributed by atoms with Gasteiger partial charge in [0.05, 0.1) is 4.92 Å². The van der Waals surface area contributed by atoms with Crippen molar-refractivity contribution in [1.29, 1.82) is 0 Å². The molecule has 0 saturated carbocycles. The number of H-pyrrole nitrogens is 2. The number of nitro groups is 1. The Morgan fingerprint density at radius 2 is 2.30 bits per heavy atom. The minimum atomic E-state index is -0.495. The molecule has 0 amide bonds. The second-order valence-electron chi connectivity index (χ2n) is 3.93. The van der Waals surface area contributed by atoms with Gasteiger partial charge >= 0.3 is 11.4 Å². The highest BCUT2D eigenvalue weighted by atomic mass is 79.9. The van der Waals surface area contributed by atoms with Crippen LogP contribution in [0.1, 0.15) is 12.2 Å². The number of halogens is 1. The predicted octanol–water partition coefficient (Wildman–Crippen LogP) is 1.21. The zero-order valence-electron chi connectivity index (χ0n) is 10.2. The third kappa shape index (κ3) is 3.63. The lowest BCUT2D eigenvalue weighted by atomic mass is 10.3. The normalized spacial score (nSPS) is 10.4. The van der Waals surface area contributed by atoms with Gasteiger partial charge in [0, 0.05) is 29.7 Å². The minimum absolute atomic E-state index is 0.0902. The molecule has 0 spiro atoms. The summed E-state index contributed by atoms with van der Waals surface area (Å²) in [6, 6.07) is 1.39. The van der Waals surface area contributed by atoms with E-state index in [0.717, 1.165) is 0 Å². The topological polar surface area (TPSA) is 130 Å². The molecule has 2 aromatic rings. The molecule has 2 rings (SSSR count). The van der Waals surface area contributed by atoms with E-state index in [1.807, 2.05) is 0 Å². The number of anilines is 1. The average molecular weight is 343 g/mol. The Morgan fingerprint density at radius 1 is 1.50 bits per heavy atom. The predicted molar refractivity (Wildman–Crippen MR) is 74.6 cm³/mol. The lowest BCUT2D eigenvalue weighted by Crippen LogP contribution is -2.08. The minimum Gasteiger partial charge on any atom is -0.364 e. The first-order chi connectivity index (χ1) is 9.56. The lowest BCUT2D eigenvalue weighted by molar-refractivity contribution is -0.384. The van der Waals surface area contributed by atoms with Crippen molar-refractivity contribution in [2.24, 2.45) is 0 Å². The molecule has 10 heteroatoms. The van der Waals surface area contributed by atoms with E-state index in [2.05, 4.69) is 41.4 Å². The summed E-state index contributed by atoms with van der Waals surface area (Å²) in [5.74, 6) is 0.767. The van der Waals surface area contributed by atoms with E-state index in [9.17, 15) is 14.9 Å². The Morgan fingerprint density at radius 3 is 2.95 bits per heavy atom. The molecular formula is C10H11BrN6O3. The monoisotopic (exact) mass is 342 g/mol. The van der Waals surface area contributed by atoms with Crippen molar-refractivity contribution in [3.05, 3.63) is 43.2 Å². The molecule has 0 aliphatic rings. The van der Waals surface area contributed by atoms with Gasteiger partial charge in [-0.1, -0.05) is 0 Å². The number of hydrogen-bond donors (Lipinski definition) is 3. The summed E-state index contributed by atoms with van der Waals surface area (Å²) >= 11 is 3.14. The number of aromatic nitrogens is 4. The first-order valence-electron chi connectivity index (χ1n) is 5.73. The van der Waals surface area contributed by atoms with Crippen molar-refractivity contribution < 1.29 is 4.92 Å². The van der Waals surface area contributed by atoms with E-state index in [-0.39, 0.29) is 17.2 Å². The van der Waals surface area contributed by atoms with Crippen molar-refractivity contribution >= 4 is 27.4 Å². The second kappa shape index (κ2) is 6.28. The van der Waals surface area contributed by atoms with Crippen LogP contribution in [0.15, 0.2) is 21.5 Å². The number of nitrogens with zero attached hydrogens (tertiary/aromatic N) is 3. The molecule has 2 aromatic heterocycles. The molecule has 0 bridgehead atoms. The Kier molecular flexibility index (Phi) is 4.45. The molecule has 0 aromatic carbocycles. The van der Waals surface area contributed by atoms with E-state index < -0.39 is 4.92 Å². The molecular weight excluding hydrogens is 332 g/mol. The van der Waals surface area contributed by atoms with E-state index in [1.54, 1.807) is 0 Å². The fraction of sp³-hybridized carbons (Fsp3) is 0.300. The Labute approximate surface area is 121 Å². The van der Waals surface area contributed by atoms with Crippen LogP contribution < -0.4 is 11.0 Å². The maximum absolute atomic E-state index is 10.9. The van der Waals surface area contributed by atoms with Crippen molar-refractivity contribution in [3.63, 3.8) is 0 Å². The maximum Gasteiger partial charge on any atom is 0.340 e. The highest BCUT2D eigenvalue weighted by molar-refractivity contribution is 9.10. The molecule has 106 valence electrons. The van der Waals surface area contributed by atoms with Crippen LogP contribution in [0.3, 0.4) is 0 Å². The highest BCUT2D eigenvalue weighted by Crippen LogP contribution is 2.25. The number of nitrogens with one attached hydrogen (secondary N) is 3. The van der Waals surface area contributed by atoms with Gasteiger partial charge in [-0.05, 0) is 22.4 Å². The van der Waals surface area contributed by atoms with E-state index >= 15 is 0 Å². The van der Waals surface area contributed by atoms with Crippen molar-refractivity contribution in [2.75, 3.05) is 11.9 Å². The van der Waals surface area contributed by atoms with Gasteiger partial charge in [0.1, 0.15) is 5.82 Å². The fourth-order valence-electron chi connectivity index (χ4n) is 1.59. The van der Waals surface area contributed by atoms with Crippen LogP contribution in [0.25, 0.3) is 0 Å². The van der Waals surface area contributed by atoms with Gasteiger partial charge in [-0.15, -0.1) is 0 Å². The molecule has 0 saturated heterocycles. The van der Waals surface area contributed by atoms with Crippen LogP contribution in [-0.4, -0.2) is 31.6 Å². The number of pyridine rings is 1. The SMILES string of the molecule is O=c1[nH]nc(CCCNc2ncc(Br)cc2[N+](=O)[O-])[nH]1. The van der Waals surface area contributed by atoms with Gasteiger partial charge in [-0.25, -0.2) is 14.9 Å². The average Bonchev–Trinajstić information content (AvgIpc) is 2.81. The summed E-state index contributed by atoms with van der Waals surface area (Å²) in [5.41, 5.74) is -0.439. The zero-order valence-corrected chi connectivity index (χ0v) is 11.8. The van der Waals surface area contributed by atoms with Crippen molar-refractivity contribution in [1.82, 2.24) is 20.2 Å². The number of rotatable bonds is 6. The zero-order chi connectivity index (χ0) is 14.5. The number of aryl methyl sites for hydroxylation is 1. The fourth-order valence-corrected chi connectivity index (χ4v) is 1.91. The van der Waals surface area contributed by atoms with E-state index in [4.69, 9.17) is 0 Å². The molecule has 20 heavy (non-hydrogen) atoms. The molecule has 0 atom stereocenters. The van der Waals surface area contributed by atoms with E-state index in [1.165, 1.54) is 12.3 Å². The quantitative estimate of drug-likeness (QED) is 0.411. The molecule has 2 heterocycles. The smallest absolute Gasteiger partial charge is 0.340 e.